The lowest BCUT2D eigenvalue weighted by Gasteiger charge is -2.06. The Morgan fingerprint density at radius 2 is 2.00 bits per heavy atom. The number of benzene rings is 1. The van der Waals surface area contributed by atoms with Gasteiger partial charge in [-0.15, -0.1) is 0 Å². The highest BCUT2D eigenvalue weighted by atomic mass is 16.5. The van der Waals surface area contributed by atoms with E-state index in [0.717, 1.165) is 22.3 Å². The summed E-state index contributed by atoms with van der Waals surface area (Å²) in [7, 11) is 0. The van der Waals surface area contributed by atoms with Crippen LogP contribution < -0.4 is 0 Å². The largest absolute Gasteiger partial charge is 0.463 e. The van der Waals surface area contributed by atoms with Gasteiger partial charge in [-0.3, -0.25) is 4.40 Å². The van der Waals surface area contributed by atoms with Crippen LogP contribution in [-0.2, 0) is 9.53 Å². The Kier molecular flexibility index (Phi) is 4.24. The van der Waals surface area contributed by atoms with Crippen molar-refractivity contribution >= 4 is 17.6 Å². The summed E-state index contributed by atoms with van der Waals surface area (Å²) in [6.07, 6.45) is 5.48. The Bertz CT molecular complexity index is 860. The highest BCUT2D eigenvalue weighted by Crippen LogP contribution is 2.22. The molecule has 4 heteroatoms. The lowest BCUT2D eigenvalue weighted by Crippen LogP contribution is -2.04. The van der Waals surface area contributed by atoms with E-state index in [2.05, 4.69) is 15.5 Å². The lowest BCUT2D eigenvalue weighted by molar-refractivity contribution is -0.138. The van der Waals surface area contributed by atoms with Crippen LogP contribution in [0.3, 0.4) is 0 Å². The number of hydrogen-bond donors (Lipinski definition) is 0. The van der Waals surface area contributed by atoms with Gasteiger partial charge in [-0.2, -0.15) is 0 Å². The van der Waals surface area contributed by atoms with Gasteiger partial charge in [-0.05, 0) is 43.2 Å². The van der Waals surface area contributed by atoms with Gasteiger partial charge in [0, 0.05) is 5.57 Å². The Labute approximate surface area is 135 Å². The molecule has 3 rings (SSSR count). The van der Waals surface area contributed by atoms with Crippen molar-refractivity contribution in [3.8, 4) is 11.3 Å². The molecule has 23 heavy (non-hydrogen) atoms. The molecule has 0 atom stereocenters. The predicted molar refractivity (Wildman–Crippen MR) is 90.9 cm³/mol. The minimum absolute atomic E-state index is 0.278. The van der Waals surface area contributed by atoms with Crippen molar-refractivity contribution in [1.82, 2.24) is 9.38 Å². The van der Waals surface area contributed by atoms with Crippen LogP contribution in [0, 0.1) is 0 Å². The van der Waals surface area contributed by atoms with Gasteiger partial charge in [0.1, 0.15) is 0 Å². The molecular weight excluding hydrogens is 288 g/mol. The summed E-state index contributed by atoms with van der Waals surface area (Å²) in [5, 5.41) is 0. The molecule has 3 aromatic rings. The number of aromatic nitrogens is 2. The molecule has 0 unspecified atom stereocenters. The normalized spacial score (nSPS) is 11.7. The number of hydrogen-bond acceptors (Lipinski definition) is 3. The van der Waals surface area contributed by atoms with Gasteiger partial charge in [0.25, 0.3) is 0 Å². The monoisotopic (exact) mass is 306 g/mol. The summed E-state index contributed by atoms with van der Waals surface area (Å²) in [5.74, 6) is -0.278. The number of rotatable bonds is 4. The van der Waals surface area contributed by atoms with Gasteiger partial charge in [0.15, 0.2) is 0 Å². The SMILES string of the molecule is CCOC(=O)/C(C)=C/c1ccc(-c2cccc3cncn23)cc1. The standard InChI is InChI=1S/C19H18N2O2/c1-3-23-19(22)14(2)11-15-7-9-16(10-8-15)18-6-4-5-17-12-20-13-21(17)18/h4-13H,3H2,1-2H3/b14-11+. The first-order chi connectivity index (χ1) is 11.2. The lowest BCUT2D eigenvalue weighted by atomic mass is 10.1. The van der Waals surface area contributed by atoms with Gasteiger partial charge >= 0.3 is 5.97 Å². The number of carbonyl (C=O) groups excluding carboxylic acids is 1. The predicted octanol–water partition coefficient (Wildman–Crippen LogP) is 3.97. The van der Waals surface area contributed by atoms with Crippen molar-refractivity contribution < 1.29 is 9.53 Å². The average Bonchev–Trinajstić information content (AvgIpc) is 3.04. The van der Waals surface area contributed by atoms with E-state index < -0.39 is 0 Å². The molecule has 2 heterocycles. The number of carbonyl (C=O) groups is 1. The summed E-state index contributed by atoms with van der Waals surface area (Å²) >= 11 is 0. The first-order valence-electron chi connectivity index (χ1n) is 7.56. The molecule has 0 amide bonds. The maximum atomic E-state index is 11.7. The minimum atomic E-state index is -0.278. The fraction of sp³-hybridized carbons (Fsp3) is 0.158. The van der Waals surface area contributed by atoms with Gasteiger partial charge in [-0.1, -0.05) is 30.3 Å². The van der Waals surface area contributed by atoms with Gasteiger partial charge in [-0.25, -0.2) is 9.78 Å². The maximum absolute atomic E-state index is 11.7. The Balaban J connectivity index is 1.89. The second-order valence-corrected chi connectivity index (χ2v) is 5.27. The molecule has 0 radical (unpaired) electrons. The minimum Gasteiger partial charge on any atom is -0.463 e. The second-order valence-electron chi connectivity index (χ2n) is 5.27. The highest BCUT2D eigenvalue weighted by molar-refractivity contribution is 5.93. The zero-order valence-corrected chi connectivity index (χ0v) is 13.2. The van der Waals surface area contributed by atoms with Crippen LogP contribution in [0.4, 0.5) is 0 Å². The second kappa shape index (κ2) is 6.48. The smallest absolute Gasteiger partial charge is 0.333 e. The zero-order chi connectivity index (χ0) is 16.2. The third kappa shape index (κ3) is 3.16. The molecule has 0 aliphatic heterocycles. The summed E-state index contributed by atoms with van der Waals surface area (Å²) in [6.45, 7) is 3.95. The Morgan fingerprint density at radius 3 is 2.74 bits per heavy atom. The molecule has 4 nitrogen and oxygen atoms in total. The number of pyridine rings is 1. The van der Waals surface area contributed by atoms with Crippen LogP contribution in [0.15, 0.2) is 60.6 Å². The van der Waals surface area contributed by atoms with Crippen molar-refractivity contribution in [2.45, 2.75) is 13.8 Å². The topological polar surface area (TPSA) is 43.6 Å². The van der Waals surface area contributed by atoms with E-state index in [1.807, 2.05) is 55.0 Å². The molecule has 1 aromatic carbocycles. The first kappa shape index (κ1) is 15.0. The molecule has 2 aromatic heterocycles. The zero-order valence-electron chi connectivity index (χ0n) is 13.2. The number of ether oxygens (including phenoxy) is 1. The molecule has 0 fully saturated rings. The van der Waals surface area contributed by atoms with Crippen molar-refractivity contribution in [2.24, 2.45) is 0 Å². The van der Waals surface area contributed by atoms with Crippen LogP contribution in [0.1, 0.15) is 19.4 Å². The quantitative estimate of drug-likeness (QED) is 0.541. The van der Waals surface area contributed by atoms with E-state index in [0.29, 0.717) is 12.2 Å². The third-order valence-corrected chi connectivity index (χ3v) is 3.63. The van der Waals surface area contributed by atoms with E-state index in [1.165, 1.54) is 0 Å². The van der Waals surface area contributed by atoms with Crippen LogP contribution in [0.25, 0.3) is 22.9 Å². The van der Waals surface area contributed by atoms with Crippen molar-refractivity contribution in [1.29, 1.82) is 0 Å². The van der Waals surface area contributed by atoms with Crippen molar-refractivity contribution in [2.75, 3.05) is 6.61 Å². The summed E-state index contributed by atoms with van der Waals surface area (Å²) < 4.78 is 7.04. The maximum Gasteiger partial charge on any atom is 0.333 e. The van der Waals surface area contributed by atoms with Crippen LogP contribution in [0.2, 0.25) is 0 Å². The number of esters is 1. The van der Waals surface area contributed by atoms with E-state index in [1.54, 1.807) is 13.8 Å². The fourth-order valence-electron chi connectivity index (χ4n) is 2.49. The van der Waals surface area contributed by atoms with E-state index in [4.69, 9.17) is 4.74 Å². The van der Waals surface area contributed by atoms with Crippen LogP contribution >= 0.6 is 0 Å². The van der Waals surface area contributed by atoms with E-state index >= 15 is 0 Å². The van der Waals surface area contributed by atoms with E-state index in [-0.39, 0.29) is 5.97 Å². The van der Waals surface area contributed by atoms with Gasteiger partial charge < -0.3 is 4.74 Å². The molecule has 0 spiro atoms. The summed E-state index contributed by atoms with van der Waals surface area (Å²) in [4.78, 5) is 15.8. The van der Waals surface area contributed by atoms with Crippen molar-refractivity contribution in [3.63, 3.8) is 0 Å². The molecule has 116 valence electrons. The highest BCUT2D eigenvalue weighted by Gasteiger charge is 2.06. The van der Waals surface area contributed by atoms with Crippen molar-refractivity contribution in [3.05, 3.63) is 66.1 Å². The Hall–Kier alpha value is -2.88. The Morgan fingerprint density at radius 1 is 1.22 bits per heavy atom. The van der Waals surface area contributed by atoms with Crippen LogP contribution in [-0.4, -0.2) is 22.0 Å². The van der Waals surface area contributed by atoms with E-state index in [9.17, 15) is 4.79 Å². The molecular formula is C19H18N2O2. The summed E-state index contributed by atoms with van der Waals surface area (Å²) in [6, 6.07) is 14.2. The molecule has 0 aliphatic carbocycles. The van der Waals surface area contributed by atoms with Crippen LogP contribution in [0.5, 0.6) is 0 Å². The number of fused-ring (bicyclic) bond motifs is 1. The molecule has 0 aliphatic rings. The first-order valence-corrected chi connectivity index (χ1v) is 7.56. The number of imidazole rings is 1. The van der Waals surface area contributed by atoms with Gasteiger partial charge in [0.05, 0.1) is 30.3 Å². The third-order valence-electron chi connectivity index (χ3n) is 3.63. The molecule has 0 saturated heterocycles. The molecule has 0 bridgehead atoms. The number of nitrogens with zero attached hydrogens (tertiary/aromatic N) is 2. The average molecular weight is 306 g/mol. The van der Waals surface area contributed by atoms with Gasteiger partial charge in [0.2, 0.25) is 0 Å². The molecule has 0 N–H and O–H groups in total. The summed E-state index contributed by atoms with van der Waals surface area (Å²) in [5.41, 5.74) is 4.80. The molecule has 0 saturated carbocycles. The fourth-order valence-corrected chi connectivity index (χ4v) is 2.49.